The van der Waals surface area contributed by atoms with Gasteiger partial charge in [-0.05, 0) is 114 Å². The molecule has 0 aliphatic heterocycles. The zero-order chi connectivity index (χ0) is 33.5. The Morgan fingerprint density at radius 1 is 0.571 bits per heavy atom. The number of nitrogens with zero attached hydrogens (tertiary/aromatic N) is 1. The molecule has 2 nitrogen and oxygen atoms in total. The molecule has 2 N–H and O–H groups in total. The average Bonchev–Trinajstić information content (AvgIpc) is 3.62. The van der Waals surface area contributed by atoms with Gasteiger partial charge in [0.1, 0.15) is 0 Å². The first-order valence-electron chi connectivity index (χ1n) is 16.6. The number of nitrogens with two attached hydrogens (primary N) is 1. The lowest BCUT2D eigenvalue weighted by Gasteiger charge is -2.31. The first-order valence-corrected chi connectivity index (χ1v) is 16.6. The van der Waals surface area contributed by atoms with Crippen molar-refractivity contribution in [3.05, 3.63) is 198 Å². The maximum Gasteiger partial charge on any atom is 0.173 e. The Morgan fingerprint density at radius 3 is 1.88 bits per heavy atom. The quantitative estimate of drug-likeness (QED) is 0.120. The van der Waals surface area contributed by atoms with E-state index in [0.717, 1.165) is 11.1 Å². The predicted molar refractivity (Wildman–Crippen MR) is 205 cm³/mol. The van der Waals surface area contributed by atoms with Crippen LogP contribution in [0.1, 0.15) is 34.7 Å². The Balaban J connectivity index is 0.00000112. The number of hydrogen-bond donors (Lipinski definition) is 1. The van der Waals surface area contributed by atoms with E-state index in [1.807, 2.05) is 6.92 Å². The normalized spacial score (nSPS) is 12.8. The second-order valence-corrected chi connectivity index (χ2v) is 12.6. The fraction of sp³-hybridized carbons (Fsp3) is 0.0426. The van der Waals surface area contributed by atoms with E-state index in [1.54, 1.807) is 0 Å². The second kappa shape index (κ2) is 12.0. The molecule has 49 heavy (non-hydrogen) atoms. The van der Waals surface area contributed by atoms with Crippen LogP contribution in [0.2, 0.25) is 0 Å². The van der Waals surface area contributed by atoms with Crippen LogP contribution in [0.5, 0.6) is 0 Å². The van der Waals surface area contributed by atoms with Gasteiger partial charge in [0.15, 0.2) is 6.19 Å². The lowest BCUT2D eigenvalue weighted by Crippen LogP contribution is -2.26. The van der Waals surface area contributed by atoms with Crippen molar-refractivity contribution in [1.29, 1.82) is 5.26 Å². The van der Waals surface area contributed by atoms with Gasteiger partial charge in [-0.3, -0.25) is 0 Å². The molecule has 9 rings (SSSR count). The summed E-state index contributed by atoms with van der Waals surface area (Å²) < 4.78 is 0. The molecule has 7 aromatic carbocycles. The standard InChI is InChI=1S/C46H32.CH2N2/c1-3-14-30(2)32-17-13-18-34(27-32)40-29-44-45(38-22-8-7-19-35(38)40)39-26-25-33(31-15-5-4-6-16-31)28-43(39)46(44)41-23-11-9-20-36(41)37-21-10-12-24-42(37)46;2-1-3/h3-29H,2H2,1H3;2H2/b14-3-;. The van der Waals surface area contributed by atoms with E-state index >= 15 is 0 Å². The number of hydrogen-bond acceptors (Lipinski definition) is 2. The Hall–Kier alpha value is -6.43. The van der Waals surface area contributed by atoms with E-state index in [4.69, 9.17) is 5.26 Å². The number of fused-ring (bicyclic) bond motifs is 12. The molecule has 0 radical (unpaired) electrons. The van der Waals surface area contributed by atoms with Crippen molar-refractivity contribution in [2.24, 2.45) is 5.73 Å². The predicted octanol–water partition coefficient (Wildman–Crippen LogP) is 11.5. The van der Waals surface area contributed by atoms with Crippen LogP contribution in [0.15, 0.2) is 170 Å². The smallest absolute Gasteiger partial charge is 0.173 e. The monoisotopic (exact) mass is 626 g/mol. The highest BCUT2D eigenvalue weighted by Crippen LogP contribution is 2.64. The molecule has 7 aromatic rings. The van der Waals surface area contributed by atoms with Gasteiger partial charge < -0.3 is 5.73 Å². The largest absolute Gasteiger partial charge is 0.337 e. The van der Waals surface area contributed by atoms with E-state index < -0.39 is 5.41 Å². The molecule has 0 fully saturated rings. The first-order chi connectivity index (χ1) is 24.1. The molecular weight excluding hydrogens is 593 g/mol. The number of benzene rings is 7. The second-order valence-electron chi connectivity index (χ2n) is 12.6. The molecule has 2 heteroatoms. The van der Waals surface area contributed by atoms with Gasteiger partial charge in [0.05, 0.1) is 5.41 Å². The summed E-state index contributed by atoms with van der Waals surface area (Å²) in [6, 6.07) is 56.4. The van der Waals surface area contributed by atoms with Gasteiger partial charge in [-0.25, -0.2) is 0 Å². The minimum absolute atomic E-state index is 0.437. The van der Waals surface area contributed by atoms with Crippen molar-refractivity contribution < 1.29 is 0 Å². The molecule has 0 atom stereocenters. The van der Waals surface area contributed by atoms with Crippen LogP contribution in [0.25, 0.3) is 60.9 Å². The Morgan fingerprint density at radius 2 is 1.18 bits per heavy atom. The van der Waals surface area contributed by atoms with Crippen LogP contribution in [-0.4, -0.2) is 0 Å². The zero-order valence-electron chi connectivity index (χ0n) is 27.3. The number of nitriles is 1. The summed E-state index contributed by atoms with van der Waals surface area (Å²) in [6.45, 7) is 6.39. The third-order valence-electron chi connectivity index (χ3n) is 10.1. The Kier molecular flexibility index (Phi) is 7.32. The molecule has 2 aliphatic carbocycles. The van der Waals surface area contributed by atoms with E-state index in [2.05, 4.69) is 176 Å². The van der Waals surface area contributed by atoms with Crippen molar-refractivity contribution in [3.8, 4) is 50.7 Å². The fourth-order valence-electron chi connectivity index (χ4n) is 8.23. The van der Waals surface area contributed by atoms with Gasteiger partial charge in [-0.2, -0.15) is 5.26 Å². The highest BCUT2D eigenvalue weighted by atomic mass is 14.5. The zero-order valence-corrected chi connectivity index (χ0v) is 27.3. The lowest BCUT2D eigenvalue weighted by molar-refractivity contribution is 0.795. The summed E-state index contributed by atoms with van der Waals surface area (Å²) >= 11 is 0. The topological polar surface area (TPSA) is 49.8 Å². The van der Waals surface area contributed by atoms with Crippen molar-refractivity contribution in [3.63, 3.8) is 0 Å². The van der Waals surface area contributed by atoms with Crippen LogP contribution in [0.3, 0.4) is 0 Å². The molecule has 0 unspecified atom stereocenters. The van der Waals surface area contributed by atoms with E-state index in [0.29, 0.717) is 0 Å². The van der Waals surface area contributed by atoms with Gasteiger partial charge in [0.2, 0.25) is 0 Å². The maximum atomic E-state index is 7.10. The minimum atomic E-state index is -0.437. The van der Waals surface area contributed by atoms with Gasteiger partial charge in [-0.1, -0.05) is 152 Å². The Bertz CT molecular complexity index is 2450. The number of rotatable bonds is 4. The molecule has 0 bridgehead atoms. The van der Waals surface area contributed by atoms with Crippen molar-refractivity contribution >= 4 is 16.3 Å². The van der Waals surface area contributed by atoms with Crippen molar-refractivity contribution in [2.45, 2.75) is 12.3 Å². The maximum absolute atomic E-state index is 7.10. The van der Waals surface area contributed by atoms with Crippen LogP contribution in [0, 0.1) is 11.5 Å². The molecule has 232 valence electrons. The fourth-order valence-corrected chi connectivity index (χ4v) is 8.23. The molecule has 0 saturated carbocycles. The summed E-state index contributed by atoms with van der Waals surface area (Å²) in [5.41, 5.74) is 21.6. The SMILES string of the molecule is C=C(/C=C\C)c1cccc(-c2cc3c(c4ccccc24)-c2ccc(-c4ccccc4)cc2C32c3ccccc3-c3ccccc32)c1.N#CN. The van der Waals surface area contributed by atoms with Crippen LogP contribution >= 0.6 is 0 Å². The summed E-state index contributed by atoms with van der Waals surface area (Å²) in [4.78, 5) is 0. The van der Waals surface area contributed by atoms with Gasteiger partial charge in [0, 0.05) is 0 Å². The molecule has 0 heterocycles. The third kappa shape index (κ3) is 4.48. The van der Waals surface area contributed by atoms with E-state index in [1.165, 1.54) is 83.7 Å². The molecule has 0 aromatic heterocycles. The number of allylic oxidation sites excluding steroid dienone is 3. The third-order valence-corrected chi connectivity index (χ3v) is 10.1. The summed E-state index contributed by atoms with van der Waals surface area (Å²) in [5, 5.41) is 9.66. The minimum Gasteiger partial charge on any atom is -0.337 e. The van der Waals surface area contributed by atoms with Crippen LogP contribution in [-0.2, 0) is 5.41 Å². The molecular formula is C47H34N2. The summed E-state index contributed by atoms with van der Waals surface area (Å²) in [5.74, 6) is 0. The van der Waals surface area contributed by atoms with E-state index in [9.17, 15) is 0 Å². The van der Waals surface area contributed by atoms with Crippen LogP contribution < -0.4 is 5.73 Å². The first kappa shape index (κ1) is 29.9. The average molecular weight is 627 g/mol. The molecule has 2 aliphatic rings. The van der Waals surface area contributed by atoms with Crippen molar-refractivity contribution in [2.75, 3.05) is 0 Å². The molecule has 1 spiro atoms. The summed E-state index contributed by atoms with van der Waals surface area (Å²) in [6.07, 6.45) is 5.39. The van der Waals surface area contributed by atoms with Crippen LogP contribution in [0.4, 0.5) is 0 Å². The van der Waals surface area contributed by atoms with Crippen molar-refractivity contribution in [1.82, 2.24) is 0 Å². The van der Waals surface area contributed by atoms with Gasteiger partial charge in [-0.15, -0.1) is 0 Å². The molecule has 0 saturated heterocycles. The van der Waals surface area contributed by atoms with E-state index in [-0.39, 0.29) is 0 Å². The highest BCUT2D eigenvalue weighted by Gasteiger charge is 2.52. The summed E-state index contributed by atoms with van der Waals surface area (Å²) in [7, 11) is 0. The Labute approximate surface area is 287 Å². The van der Waals surface area contributed by atoms with Gasteiger partial charge >= 0.3 is 0 Å². The molecule has 0 amide bonds. The highest BCUT2D eigenvalue weighted by molar-refractivity contribution is 6.11. The van der Waals surface area contributed by atoms with Gasteiger partial charge in [0.25, 0.3) is 0 Å². The lowest BCUT2D eigenvalue weighted by atomic mass is 9.69.